The summed E-state index contributed by atoms with van der Waals surface area (Å²) in [6.45, 7) is 6.98. The average molecular weight is 267 g/mol. The van der Waals surface area contributed by atoms with Gasteiger partial charge in [0.05, 0.1) is 19.8 Å². The standard InChI is InChI=1S/C15H25NO3/c1-11(16-10-15(2,3)19-6)13-8-7-12(17-4)9-14(13)18-5/h7-9,11,16H,10H2,1-6H3. The lowest BCUT2D eigenvalue weighted by atomic mass is 10.0. The molecule has 1 unspecified atom stereocenters. The molecule has 1 N–H and O–H groups in total. The molecule has 0 heterocycles. The number of hydrogen-bond acceptors (Lipinski definition) is 4. The smallest absolute Gasteiger partial charge is 0.127 e. The third-order valence-electron chi connectivity index (χ3n) is 3.29. The Morgan fingerprint density at radius 1 is 1.16 bits per heavy atom. The number of ether oxygens (including phenoxy) is 3. The molecule has 0 saturated heterocycles. The summed E-state index contributed by atoms with van der Waals surface area (Å²) in [5.41, 5.74) is 0.920. The van der Waals surface area contributed by atoms with Crippen molar-refractivity contribution >= 4 is 0 Å². The number of hydrogen-bond donors (Lipinski definition) is 1. The topological polar surface area (TPSA) is 39.7 Å². The van der Waals surface area contributed by atoms with Crippen molar-refractivity contribution in [2.24, 2.45) is 0 Å². The lowest BCUT2D eigenvalue weighted by Gasteiger charge is -2.26. The minimum absolute atomic E-state index is 0.176. The predicted octanol–water partition coefficient (Wildman–Crippen LogP) is 2.78. The second-order valence-corrected chi connectivity index (χ2v) is 5.17. The molecule has 0 bridgehead atoms. The van der Waals surface area contributed by atoms with Crippen LogP contribution in [0.1, 0.15) is 32.4 Å². The maximum atomic E-state index is 5.42. The fourth-order valence-corrected chi connectivity index (χ4v) is 1.76. The summed E-state index contributed by atoms with van der Waals surface area (Å²) in [6.07, 6.45) is 0. The maximum Gasteiger partial charge on any atom is 0.127 e. The second kappa shape index (κ2) is 6.78. The quantitative estimate of drug-likeness (QED) is 0.824. The molecule has 1 aromatic carbocycles. The van der Waals surface area contributed by atoms with Gasteiger partial charge in [-0.2, -0.15) is 0 Å². The first-order valence-corrected chi connectivity index (χ1v) is 6.44. The maximum absolute atomic E-state index is 5.42. The van der Waals surface area contributed by atoms with Crippen molar-refractivity contribution in [3.8, 4) is 11.5 Å². The van der Waals surface area contributed by atoms with Gasteiger partial charge in [-0.15, -0.1) is 0 Å². The van der Waals surface area contributed by atoms with Crippen LogP contribution in [0.15, 0.2) is 18.2 Å². The van der Waals surface area contributed by atoms with Crippen LogP contribution < -0.4 is 14.8 Å². The molecule has 1 atom stereocenters. The Morgan fingerprint density at radius 2 is 1.84 bits per heavy atom. The molecule has 0 fully saturated rings. The molecule has 0 amide bonds. The van der Waals surface area contributed by atoms with Crippen molar-refractivity contribution < 1.29 is 14.2 Å². The zero-order chi connectivity index (χ0) is 14.5. The summed E-state index contributed by atoms with van der Waals surface area (Å²) in [5, 5.41) is 3.46. The van der Waals surface area contributed by atoms with Crippen molar-refractivity contribution in [1.82, 2.24) is 5.32 Å². The average Bonchev–Trinajstić information content (AvgIpc) is 2.44. The van der Waals surface area contributed by atoms with Gasteiger partial charge in [0.1, 0.15) is 11.5 Å². The summed E-state index contributed by atoms with van der Waals surface area (Å²) in [5.74, 6) is 1.62. The molecule has 1 rings (SSSR count). The highest BCUT2D eigenvalue weighted by Gasteiger charge is 2.19. The van der Waals surface area contributed by atoms with E-state index < -0.39 is 0 Å². The molecule has 4 heteroatoms. The third-order valence-corrected chi connectivity index (χ3v) is 3.29. The fourth-order valence-electron chi connectivity index (χ4n) is 1.76. The summed E-state index contributed by atoms with van der Waals surface area (Å²) >= 11 is 0. The monoisotopic (exact) mass is 267 g/mol. The van der Waals surface area contributed by atoms with E-state index in [1.54, 1.807) is 21.3 Å². The van der Waals surface area contributed by atoms with Gasteiger partial charge in [0, 0.05) is 31.3 Å². The first-order chi connectivity index (χ1) is 8.93. The van der Waals surface area contributed by atoms with Gasteiger partial charge in [0.15, 0.2) is 0 Å². The van der Waals surface area contributed by atoms with Crippen LogP contribution in [0, 0.1) is 0 Å². The molecule has 0 aliphatic rings. The van der Waals surface area contributed by atoms with Gasteiger partial charge in [-0.1, -0.05) is 6.07 Å². The van der Waals surface area contributed by atoms with Crippen molar-refractivity contribution in [1.29, 1.82) is 0 Å². The van der Waals surface area contributed by atoms with Crippen LogP contribution in [0.2, 0.25) is 0 Å². The second-order valence-electron chi connectivity index (χ2n) is 5.17. The van der Waals surface area contributed by atoms with Crippen molar-refractivity contribution in [3.05, 3.63) is 23.8 Å². The Hall–Kier alpha value is -1.26. The zero-order valence-corrected chi connectivity index (χ0v) is 12.7. The molecule has 19 heavy (non-hydrogen) atoms. The predicted molar refractivity (Wildman–Crippen MR) is 77.1 cm³/mol. The summed E-state index contributed by atoms with van der Waals surface area (Å²) < 4.78 is 16.0. The minimum Gasteiger partial charge on any atom is -0.497 e. The van der Waals surface area contributed by atoms with E-state index in [0.29, 0.717) is 0 Å². The third kappa shape index (κ3) is 4.40. The number of benzene rings is 1. The normalized spacial score (nSPS) is 13.2. The Labute approximate surface area is 116 Å². The molecule has 0 radical (unpaired) electrons. The molecule has 0 aromatic heterocycles. The summed E-state index contributed by atoms with van der Waals surface area (Å²) in [4.78, 5) is 0. The van der Waals surface area contributed by atoms with E-state index in [1.165, 1.54) is 0 Å². The lowest BCUT2D eigenvalue weighted by Crippen LogP contribution is -2.37. The summed E-state index contributed by atoms with van der Waals surface area (Å²) in [7, 11) is 5.04. The van der Waals surface area contributed by atoms with E-state index in [-0.39, 0.29) is 11.6 Å². The molecule has 108 valence electrons. The number of rotatable bonds is 7. The minimum atomic E-state index is -0.187. The van der Waals surface area contributed by atoms with Gasteiger partial charge in [-0.05, 0) is 26.8 Å². The van der Waals surface area contributed by atoms with Crippen molar-refractivity contribution in [2.45, 2.75) is 32.4 Å². The van der Waals surface area contributed by atoms with Gasteiger partial charge in [0.2, 0.25) is 0 Å². The van der Waals surface area contributed by atoms with Crippen LogP contribution in [0.25, 0.3) is 0 Å². The van der Waals surface area contributed by atoms with Gasteiger partial charge in [-0.3, -0.25) is 0 Å². The molecule has 4 nitrogen and oxygen atoms in total. The van der Waals surface area contributed by atoms with E-state index >= 15 is 0 Å². The van der Waals surface area contributed by atoms with Gasteiger partial charge in [0.25, 0.3) is 0 Å². The van der Waals surface area contributed by atoms with Crippen molar-refractivity contribution in [2.75, 3.05) is 27.9 Å². The fraction of sp³-hybridized carbons (Fsp3) is 0.600. The number of methoxy groups -OCH3 is 3. The van der Waals surface area contributed by atoms with Crippen LogP contribution >= 0.6 is 0 Å². The van der Waals surface area contributed by atoms with Crippen LogP contribution in [0.5, 0.6) is 11.5 Å². The molecular formula is C15H25NO3. The van der Waals surface area contributed by atoms with E-state index in [0.717, 1.165) is 23.6 Å². The Bertz CT molecular complexity index is 404. The van der Waals surface area contributed by atoms with Crippen LogP contribution in [0.3, 0.4) is 0 Å². The van der Waals surface area contributed by atoms with E-state index in [9.17, 15) is 0 Å². The Balaban J connectivity index is 2.79. The molecule has 0 aliphatic heterocycles. The molecule has 0 aliphatic carbocycles. The molecule has 0 spiro atoms. The zero-order valence-electron chi connectivity index (χ0n) is 12.7. The van der Waals surface area contributed by atoms with Crippen LogP contribution in [-0.2, 0) is 4.74 Å². The SMILES string of the molecule is COc1ccc(C(C)NCC(C)(C)OC)c(OC)c1. The Kier molecular flexibility index (Phi) is 5.63. The highest BCUT2D eigenvalue weighted by molar-refractivity contribution is 5.42. The first kappa shape index (κ1) is 15.8. The van der Waals surface area contributed by atoms with Crippen LogP contribution in [-0.4, -0.2) is 33.5 Å². The van der Waals surface area contributed by atoms with Gasteiger partial charge < -0.3 is 19.5 Å². The summed E-state index contributed by atoms with van der Waals surface area (Å²) in [6, 6.07) is 6.04. The van der Waals surface area contributed by atoms with E-state index in [2.05, 4.69) is 26.1 Å². The lowest BCUT2D eigenvalue weighted by molar-refractivity contribution is 0.0214. The van der Waals surface area contributed by atoms with E-state index in [4.69, 9.17) is 14.2 Å². The van der Waals surface area contributed by atoms with Crippen LogP contribution in [0.4, 0.5) is 0 Å². The van der Waals surface area contributed by atoms with E-state index in [1.807, 2.05) is 18.2 Å². The molecule has 0 saturated carbocycles. The molecular weight excluding hydrogens is 242 g/mol. The Morgan fingerprint density at radius 3 is 2.37 bits per heavy atom. The number of nitrogens with one attached hydrogen (secondary N) is 1. The molecule has 1 aromatic rings. The largest absolute Gasteiger partial charge is 0.497 e. The highest BCUT2D eigenvalue weighted by atomic mass is 16.5. The van der Waals surface area contributed by atoms with Gasteiger partial charge >= 0.3 is 0 Å². The van der Waals surface area contributed by atoms with Crippen molar-refractivity contribution in [3.63, 3.8) is 0 Å². The highest BCUT2D eigenvalue weighted by Crippen LogP contribution is 2.29. The first-order valence-electron chi connectivity index (χ1n) is 6.44. The van der Waals surface area contributed by atoms with Gasteiger partial charge in [-0.25, -0.2) is 0 Å².